The van der Waals surface area contributed by atoms with Crippen LogP contribution in [0.1, 0.15) is 134 Å². The van der Waals surface area contributed by atoms with E-state index >= 15 is 0 Å². The van der Waals surface area contributed by atoms with Crippen molar-refractivity contribution in [3.05, 3.63) is 320 Å². The van der Waals surface area contributed by atoms with E-state index in [9.17, 15) is 0 Å². The molecule has 2 unspecified atom stereocenters. The van der Waals surface area contributed by atoms with Crippen molar-refractivity contribution in [2.45, 2.75) is 84.0 Å². The summed E-state index contributed by atoms with van der Waals surface area (Å²) >= 11 is 0. The minimum absolute atomic E-state index is 0.218. The average Bonchev–Trinajstić information content (AvgIpc) is 2.28. The first-order chi connectivity index (χ1) is 41.2. The number of hydrogen-bond donors (Lipinski definition) is 0. The molecule has 16 rings (SSSR count). The maximum Gasteiger partial charge on any atom is 0.144 e. The molecule has 0 amide bonds. The van der Waals surface area contributed by atoms with Crippen LogP contribution in [0.25, 0.3) is 83.8 Å². The first-order valence-electron chi connectivity index (χ1n) is 30.5. The van der Waals surface area contributed by atoms with Gasteiger partial charge in [0.15, 0.2) is 0 Å². The lowest BCUT2D eigenvalue weighted by molar-refractivity contribution is 0.545. The van der Waals surface area contributed by atoms with Gasteiger partial charge in [-0.3, -0.25) is 4.57 Å². The topological polar surface area (TPSA) is 17.8 Å². The van der Waals surface area contributed by atoms with Crippen LogP contribution in [0.5, 0.6) is 0 Å². The van der Waals surface area contributed by atoms with Crippen molar-refractivity contribution < 1.29 is 0 Å². The van der Waals surface area contributed by atoms with E-state index in [0.29, 0.717) is 11.8 Å². The Hall–Kier alpha value is -9.37. The number of rotatable bonds is 11. The van der Waals surface area contributed by atoms with Gasteiger partial charge in [0.05, 0.1) is 5.69 Å². The van der Waals surface area contributed by atoms with Crippen LogP contribution in [0.2, 0.25) is 0 Å². The summed E-state index contributed by atoms with van der Waals surface area (Å²) in [6, 6.07) is 86.4. The van der Waals surface area contributed by atoms with Gasteiger partial charge in [-0.1, -0.05) is 226 Å². The summed E-state index contributed by atoms with van der Waals surface area (Å²) in [7, 11) is 0. The molecule has 0 radical (unpaired) electrons. The molecule has 2 atom stereocenters. The lowest BCUT2D eigenvalue weighted by Crippen LogP contribution is -2.05. The number of benzene rings is 11. The molecule has 2 heteroatoms. The molecule has 84 heavy (non-hydrogen) atoms. The van der Waals surface area contributed by atoms with Gasteiger partial charge in [0.2, 0.25) is 0 Å². The van der Waals surface area contributed by atoms with Crippen LogP contribution in [0.3, 0.4) is 0 Å². The Morgan fingerprint density at radius 2 is 0.857 bits per heavy atom. The molecule has 0 N–H and O–H groups in total. The highest BCUT2D eigenvalue weighted by Gasteiger charge is 2.35. The fourth-order valence-corrected chi connectivity index (χ4v) is 15.9. The van der Waals surface area contributed by atoms with Crippen LogP contribution < -0.4 is 0 Å². The summed E-state index contributed by atoms with van der Waals surface area (Å²) in [5.41, 5.74) is 39.2. The number of nitrogens with zero attached hydrogens (tertiary/aromatic N) is 2. The molecule has 0 aliphatic heterocycles. The second-order valence-electron chi connectivity index (χ2n) is 24.6. The van der Waals surface area contributed by atoms with Crippen molar-refractivity contribution in [3.63, 3.8) is 0 Å². The van der Waals surface area contributed by atoms with Crippen LogP contribution in [-0.4, -0.2) is 9.55 Å². The largest absolute Gasteiger partial charge is 0.299 e. The zero-order valence-electron chi connectivity index (χ0n) is 48.5. The summed E-state index contributed by atoms with van der Waals surface area (Å²) in [4.78, 5) is 4.91. The van der Waals surface area contributed by atoms with E-state index in [-0.39, 0.29) is 11.8 Å². The maximum atomic E-state index is 4.91. The molecule has 4 aliphatic rings. The molecule has 4 aliphatic carbocycles. The average molecular weight is 1080 g/mol. The van der Waals surface area contributed by atoms with Crippen molar-refractivity contribution in [3.8, 4) is 83.8 Å². The lowest BCUT2D eigenvalue weighted by Gasteiger charge is -2.23. The Morgan fingerprint density at radius 1 is 0.417 bits per heavy atom. The van der Waals surface area contributed by atoms with Gasteiger partial charge in [-0.25, -0.2) is 4.98 Å². The van der Waals surface area contributed by atoms with Crippen molar-refractivity contribution in [1.29, 1.82) is 0 Å². The second-order valence-corrected chi connectivity index (χ2v) is 24.6. The number of aromatic nitrogens is 2. The molecule has 1 heterocycles. The van der Waals surface area contributed by atoms with Crippen molar-refractivity contribution in [1.82, 2.24) is 9.55 Å². The Labute approximate surface area is 494 Å². The molecule has 0 bridgehead atoms. The van der Waals surface area contributed by atoms with Crippen LogP contribution in [-0.2, 0) is 12.8 Å². The van der Waals surface area contributed by atoms with E-state index in [2.05, 4.69) is 270 Å². The highest BCUT2D eigenvalue weighted by atomic mass is 15.1. The molecule has 0 spiro atoms. The van der Waals surface area contributed by atoms with E-state index in [4.69, 9.17) is 4.98 Å². The minimum Gasteiger partial charge on any atom is -0.299 e. The standard InChI is InChI=1S/C82H66N2/c1-6-53(54-29-31-55(32-30-54)82-83-37-38-84(82)81-51(4)39-49(2)40-52(81)5)41-50(3)60-42-61(56-33-35-58-47-77-67(75(58)45-56)25-15-27-73(77)79-69-21-11-7-17-63(69)64-18-8-12-22-70(64)79)44-62(43-60)57-34-36-59-48-78-68(76(59)46-57)26-16-28-74(78)80-71-23-13-9-19-65(71)66-20-10-14-24-72(66)80/h7-40,42-46,50,53,79-80H,6,41,47-48H2,1-5H3. The number of imidazole rings is 1. The Morgan fingerprint density at radius 3 is 1.33 bits per heavy atom. The summed E-state index contributed by atoms with van der Waals surface area (Å²) in [5, 5.41) is 0. The van der Waals surface area contributed by atoms with Gasteiger partial charge in [-0.2, -0.15) is 0 Å². The van der Waals surface area contributed by atoms with Crippen LogP contribution >= 0.6 is 0 Å². The molecule has 404 valence electrons. The highest BCUT2D eigenvalue weighted by molar-refractivity contribution is 5.89. The van der Waals surface area contributed by atoms with Gasteiger partial charge < -0.3 is 0 Å². The summed E-state index contributed by atoms with van der Waals surface area (Å²) < 4.78 is 2.26. The fraction of sp³-hybridized carbons (Fsp3) is 0.159. The number of fused-ring (bicyclic) bond motifs is 12. The van der Waals surface area contributed by atoms with Gasteiger partial charge in [-0.05, 0) is 221 Å². The van der Waals surface area contributed by atoms with Crippen molar-refractivity contribution >= 4 is 0 Å². The van der Waals surface area contributed by atoms with Crippen LogP contribution in [0.15, 0.2) is 237 Å². The zero-order valence-corrected chi connectivity index (χ0v) is 48.5. The third-order valence-corrected chi connectivity index (χ3v) is 19.7. The van der Waals surface area contributed by atoms with Crippen LogP contribution in [0, 0.1) is 20.8 Å². The van der Waals surface area contributed by atoms with Crippen molar-refractivity contribution in [2.75, 3.05) is 0 Å². The van der Waals surface area contributed by atoms with E-state index in [1.54, 1.807) is 0 Å². The molecule has 0 saturated carbocycles. The molecular formula is C82H66N2. The molecular weight excluding hydrogens is 1010 g/mol. The molecule has 1 aromatic heterocycles. The van der Waals surface area contributed by atoms with Gasteiger partial charge in [0, 0.05) is 29.8 Å². The summed E-state index contributed by atoms with van der Waals surface area (Å²) in [6.45, 7) is 11.4. The quantitative estimate of drug-likeness (QED) is 0.126. The third-order valence-electron chi connectivity index (χ3n) is 19.7. The SMILES string of the molecule is CCC(CC(C)c1cc(-c2ccc3c(c2)-c2cccc(C4c5ccccc5-c5ccccc54)c2C3)cc(-c2ccc3c(c2)-c2cccc(C4c5ccccc5-c5ccccc54)c2C3)c1)c1ccc(-c2nccn2-c2c(C)cc(C)cc2C)cc1. The second kappa shape index (κ2) is 19.9. The Kier molecular flexibility index (Phi) is 11.9. The molecule has 2 nitrogen and oxygen atoms in total. The monoisotopic (exact) mass is 1080 g/mol. The normalized spacial score (nSPS) is 14.1. The number of hydrogen-bond acceptors (Lipinski definition) is 1. The van der Waals surface area contributed by atoms with Crippen molar-refractivity contribution in [2.24, 2.45) is 0 Å². The summed E-state index contributed by atoms with van der Waals surface area (Å²) in [6.07, 6.45) is 8.01. The van der Waals surface area contributed by atoms with E-state index in [1.807, 2.05) is 6.20 Å². The maximum absolute atomic E-state index is 4.91. The van der Waals surface area contributed by atoms with Crippen LogP contribution in [0.4, 0.5) is 0 Å². The molecule has 11 aromatic carbocycles. The van der Waals surface area contributed by atoms with E-state index in [1.165, 1.54) is 156 Å². The fourth-order valence-electron chi connectivity index (χ4n) is 15.9. The predicted molar refractivity (Wildman–Crippen MR) is 349 cm³/mol. The molecule has 0 saturated heterocycles. The van der Waals surface area contributed by atoms with Gasteiger partial charge >= 0.3 is 0 Å². The van der Waals surface area contributed by atoms with Gasteiger partial charge in [-0.15, -0.1) is 0 Å². The Bertz CT molecular complexity index is 4310. The van der Waals surface area contributed by atoms with Gasteiger partial charge in [0.1, 0.15) is 5.82 Å². The Balaban J connectivity index is 0.768. The number of aryl methyl sites for hydroxylation is 3. The zero-order chi connectivity index (χ0) is 56.3. The van der Waals surface area contributed by atoms with E-state index in [0.717, 1.165) is 37.1 Å². The van der Waals surface area contributed by atoms with E-state index < -0.39 is 0 Å². The first kappa shape index (κ1) is 50.4. The lowest BCUT2D eigenvalue weighted by atomic mass is 9.82. The van der Waals surface area contributed by atoms with Gasteiger partial charge in [0.25, 0.3) is 0 Å². The third kappa shape index (κ3) is 8.09. The minimum atomic E-state index is 0.218. The molecule has 12 aromatic rings. The highest BCUT2D eigenvalue weighted by Crippen LogP contribution is 2.54. The summed E-state index contributed by atoms with van der Waals surface area (Å²) in [5.74, 6) is 2.09. The predicted octanol–water partition coefficient (Wildman–Crippen LogP) is 20.9. The molecule has 0 fully saturated rings. The smallest absolute Gasteiger partial charge is 0.144 e. The first-order valence-corrected chi connectivity index (χ1v) is 30.5.